The molecule has 176 valence electrons. The number of anilines is 1. The van der Waals surface area contributed by atoms with Crippen molar-refractivity contribution in [3.8, 4) is 27.8 Å². The molecule has 1 fully saturated rings. The van der Waals surface area contributed by atoms with Crippen LogP contribution in [0.2, 0.25) is 0 Å². The number of pyridine rings is 1. The molecule has 34 heavy (non-hydrogen) atoms. The minimum atomic E-state index is -4.61. The van der Waals surface area contributed by atoms with Crippen molar-refractivity contribution in [2.75, 3.05) is 25.0 Å². The number of carbonyl (C=O) groups is 1. The number of aromatic nitrogens is 2. The van der Waals surface area contributed by atoms with Gasteiger partial charge < -0.3 is 10.2 Å². The third-order valence-electron chi connectivity index (χ3n) is 5.27. The van der Waals surface area contributed by atoms with Gasteiger partial charge >= 0.3 is 12.2 Å². The Kier molecular flexibility index (Phi) is 6.54. The highest BCUT2D eigenvalue weighted by atomic mass is 32.1. The highest BCUT2D eigenvalue weighted by Gasteiger charge is 2.33. The molecule has 0 bridgehead atoms. The van der Waals surface area contributed by atoms with Gasteiger partial charge in [-0.25, -0.2) is 14.8 Å². The maximum atomic E-state index is 13.4. The van der Waals surface area contributed by atoms with Crippen LogP contribution in [0.25, 0.3) is 21.7 Å². The molecule has 0 spiro atoms. The van der Waals surface area contributed by atoms with Crippen LogP contribution in [0.5, 0.6) is 0 Å². The first-order valence-electron chi connectivity index (χ1n) is 10.5. The number of halogens is 3. The summed E-state index contributed by atoms with van der Waals surface area (Å²) >= 11 is 1.08. The molecule has 1 saturated heterocycles. The number of piperazine rings is 1. The smallest absolute Gasteiger partial charge is 0.322 e. The van der Waals surface area contributed by atoms with E-state index in [2.05, 4.69) is 26.7 Å². The highest BCUT2D eigenvalue weighted by Crippen LogP contribution is 2.41. The molecule has 1 aliphatic heterocycles. The van der Waals surface area contributed by atoms with Gasteiger partial charge in [-0.15, -0.1) is 0 Å². The van der Waals surface area contributed by atoms with E-state index < -0.39 is 11.9 Å². The molecular weight excluding hydrogens is 465 g/mol. The normalized spacial score (nSPS) is 16.2. The number of hydrogen-bond donors (Lipinski definition) is 2. The summed E-state index contributed by atoms with van der Waals surface area (Å²) in [4.78, 5) is 23.1. The summed E-state index contributed by atoms with van der Waals surface area (Å²) < 4.78 is 40.3. The molecule has 1 atom stereocenters. The van der Waals surface area contributed by atoms with E-state index in [9.17, 15) is 23.2 Å². The van der Waals surface area contributed by atoms with Gasteiger partial charge in [0.25, 0.3) is 0 Å². The van der Waals surface area contributed by atoms with Crippen LogP contribution in [0.3, 0.4) is 0 Å². The molecule has 3 heterocycles. The van der Waals surface area contributed by atoms with Gasteiger partial charge in [-0.2, -0.15) is 18.4 Å². The van der Waals surface area contributed by atoms with Crippen LogP contribution in [0, 0.1) is 18.3 Å². The predicted molar refractivity (Wildman–Crippen MR) is 123 cm³/mol. The lowest BCUT2D eigenvalue weighted by atomic mass is 10.0. The molecular formula is C23H21F3N6OS. The number of thiazole rings is 1. The summed E-state index contributed by atoms with van der Waals surface area (Å²) in [6.45, 7) is 5.19. The number of urea groups is 1. The molecule has 0 radical (unpaired) electrons. The molecule has 3 aromatic rings. The number of amides is 2. The minimum Gasteiger partial charge on any atom is -0.322 e. The van der Waals surface area contributed by atoms with E-state index in [0.717, 1.165) is 17.4 Å². The average Bonchev–Trinajstić information content (AvgIpc) is 3.22. The number of alkyl halides is 3. The molecule has 1 aliphatic rings. The lowest BCUT2D eigenvalue weighted by molar-refractivity contribution is -0.141. The second-order valence-corrected chi connectivity index (χ2v) is 9.00. The molecule has 1 aromatic carbocycles. The Morgan fingerprint density at radius 1 is 1.26 bits per heavy atom. The van der Waals surface area contributed by atoms with E-state index in [1.165, 1.54) is 6.92 Å². The van der Waals surface area contributed by atoms with Crippen LogP contribution < -0.4 is 10.6 Å². The number of rotatable bonds is 3. The van der Waals surface area contributed by atoms with Gasteiger partial charge in [0.15, 0.2) is 5.13 Å². The number of nitriles is 1. The molecule has 7 nitrogen and oxygen atoms in total. The molecule has 2 aromatic heterocycles. The summed E-state index contributed by atoms with van der Waals surface area (Å²) in [5.41, 5.74) is 0.808. The van der Waals surface area contributed by atoms with Crippen LogP contribution >= 0.6 is 11.3 Å². The lowest BCUT2D eigenvalue weighted by Gasteiger charge is -2.31. The second-order valence-electron chi connectivity index (χ2n) is 8.00. The molecule has 11 heteroatoms. The number of nitrogens with zero attached hydrogens (tertiary/aromatic N) is 4. The number of carbonyl (C=O) groups excluding carboxylic acids is 1. The van der Waals surface area contributed by atoms with Gasteiger partial charge in [-0.1, -0.05) is 23.5 Å². The van der Waals surface area contributed by atoms with Crippen molar-refractivity contribution in [1.82, 2.24) is 20.2 Å². The number of hydrogen-bond acceptors (Lipinski definition) is 6. The van der Waals surface area contributed by atoms with E-state index in [1.54, 1.807) is 35.2 Å². The fraction of sp³-hybridized carbons (Fsp3) is 0.304. The topological polar surface area (TPSA) is 93.9 Å². The Bertz CT molecular complexity index is 1270. The first-order chi connectivity index (χ1) is 16.1. The van der Waals surface area contributed by atoms with Crippen molar-refractivity contribution in [1.29, 1.82) is 5.26 Å². The summed E-state index contributed by atoms with van der Waals surface area (Å²) in [5, 5.41) is 15.6. The molecule has 2 N–H and O–H groups in total. The first kappa shape index (κ1) is 23.7. The molecule has 0 saturated carbocycles. The maximum absolute atomic E-state index is 13.4. The van der Waals surface area contributed by atoms with Crippen molar-refractivity contribution in [3.05, 3.63) is 53.3 Å². The predicted octanol–water partition coefficient (Wildman–Crippen LogP) is 4.90. The van der Waals surface area contributed by atoms with Crippen LogP contribution in [-0.4, -0.2) is 46.6 Å². The largest absolute Gasteiger partial charge is 0.433 e. The van der Waals surface area contributed by atoms with Gasteiger partial charge in [0, 0.05) is 36.9 Å². The molecule has 2 amide bonds. The van der Waals surface area contributed by atoms with Crippen molar-refractivity contribution < 1.29 is 18.0 Å². The van der Waals surface area contributed by atoms with Crippen molar-refractivity contribution >= 4 is 22.5 Å². The van der Waals surface area contributed by atoms with Gasteiger partial charge in [0.1, 0.15) is 5.69 Å². The summed E-state index contributed by atoms with van der Waals surface area (Å²) in [7, 11) is 0. The van der Waals surface area contributed by atoms with E-state index in [4.69, 9.17) is 0 Å². The molecule has 0 aliphatic carbocycles. The standard InChI is InChI=1S/C23H21F3N6OS/c1-13-8-17(10-18(29-13)23(24,25)26)20-19(16-5-3-4-15(9-16)11-27)30-21(34-20)31-22(33)32-7-6-28-14(2)12-32/h3-5,8-10,14,28H,6-7,12H2,1-2H3,(H,30,31,33)/t14-/m1/s1. The third kappa shape index (κ3) is 5.18. The monoisotopic (exact) mass is 486 g/mol. The van der Waals surface area contributed by atoms with E-state index in [1.807, 2.05) is 6.92 Å². The Labute approximate surface area is 198 Å². The van der Waals surface area contributed by atoms with Crippen molar-refractivity contribution in [2.24, 2.45) is 0 Å². The second kappa shape index (κ2) is 9.40. The Hall–Kier alpha value is -3.49. The van der Waals surface area contributed by atoms with Gasteiger partial charge in [0.05, 0.1) is 22.2 Å². The molecule has 4 rings (SSSR count). The van der Waals surface area contributed by atoms with Crippen molar-refractivity contribution in [2.45, 2.75) is 26.1 Å². The number of benzene rings is 1. The average molecular weight is 487 g/mol. The summed E-state index contributed by atoms with van der Waals surface area (Å²) in [5.74, 6) is 0. The highest BCUT2D eigenvalue weighted by molar-refractivity contribution is 7.19. The van der Waals surface area contributed by atoms with Gasteiger partial charge in [0.2, 0.25) is 0 Å². The van der Waals surface area contributed by atoms with Crippen LogP contribution in [0.15, 0.2) is 36.4 Å². The number of nitrogens with one attached hydrogen (secondary N) is 2. The minimum absolute atomic E-state index is 0.149. The summed E-state index contributed by atoms with van der Waals surface area (Å²) in [6.07, 6.45) is -4.61. The fourth-order valence-corrected chi connectivity index (χ4v) is 4.70. The van der Waals surface area contributed by atoms with E-state index >= 15 is 0 Å². The van der Waals surface area contributed by atoms with E-state index in [0.29, 0.717) is 41.3 Å². The fourth-order valence-electron chi connectivity index (χ4n) is 3.73. The van der Waals surface area contributed by atoms with Gasteiger partial charge in [-0.3, -0.25) is 5.32 Å². The Balaban J connectivity index is 1.77. The Morgan fingerprint density at radius 3 is 2.76 bits per heavy atom. The zero-order chi connectivity index (χ0) is 24.5. The Morgan fingerprint density at radius 2 is 2.06 bits per heavy atom. The summed E-state index contributed by atoms with van der Waals surface area (Å²) in [6, 6.07) is 11.0. The quantitative estimate of drug-likeness (QED) is 0.550. The third-order valence-corrected chi connectivity index (χ3v) is 6.29. The SMILES string of the molecule is Cc1cc(-c2sc(NC(=O)N3CCN[C@H](C)C3)nc2-c2cccc(C#N)c2)cc(C(F)(F)F)n1. The zero-order valence-electron chi connectivity index (χ0n) is 18.4. The number of aryl methyl sites for hydroxylation is 1. The van der Waals surface area contributed by atoms with Crippen LogP contribution in [0.1, 0.15) is 23.9 Å². The van der Waals surface area contributed by atoms with E-state index in [-0.39, 0.29) is 28.5 Å². The van der Waals surface area contributed by atoms with Gasteiger partial charge in [-0.05, 0) is 43.7 Å². The van der Waals surface area contributed by atoms with Crippen molar-refractivity contribution in [3.63, 3.8) is 0 Å². The maximum Gasteiger partial charge on any atom is 0.433 e. The molecule has 0 unspecified atom stereocenters. The first-order valence-corrected chi connectivity index (χ1v) is 11.3. The lowest BCUT2D eigenvalue weighted by Crippen LogP contribution is -2.52. The van der Waals surface area contributed by atoms with Crippen LogP contribution in [0.4, 0.5) is 23.1 Å². The van der Waals surface area contributed by atoms with Crippen LogP contribution in [-0.2, 0) is 6.18 Å². The zero-order valence-corrected chi connectivity index (χ0v) is 19.2.